The van der Waals surface area contributed by atoms with Crippen molar-refractivity contribution < 1.29 is 4.79 Å². The monoisotopic (exact) mass is 387 g/mol. The van der Waals surface area contributed by atoms with E-state index in [1.807, 2.05) is 25.2 Å². The van der Waals surface area contributed by atoms with Gasteiger partial charge in [0.2, 0.25) is 5.91 Å². The fraction of sp³-hybridized carbons (Fsp3) is 0.682. The van der Waals surface area contributed by atoms with E-state index in [1.165, 1.54) is 19.3 Å². The van der Waals surface area contributed by atoms with Crippen LogP contribution in [0, 0.1) is 11.8 Å². The van der Waals surface area contributed by atoms with Crippen LogP contribution in [-0.4, -0.2) is 66.4 Å². The lowest BCUT2D eigenvalue weighted by Crippen LogP contribution is -2.41. The maximum atomic E-state index is 12.5. The van der Waals surface area contributed by atoms with E-state index in [1.54, 1.807) is 11.1 Å². The number of likely N-dealkylation sites (N-methyl/N-ethyl adjacent to an activating group) is 1. The molecule has 1 unspecified atom stereocenters. The van der Waals surface area contributed by atoms with E-state index in [9.17, 15) is 4.79 Å². The van der Waals surface area contributed by atoms with Gasteiger partial charge in [0.25, 0.3) is 0 Å². The predicted molar refractivity (Wildman–Crippen MR) is 115 cm³/mol. The molecule has 28 heavy (non-hydrogen) atoms. The summed E-state index contributed by atoms with van der Waals surface area (Å²) >= 11 is 0. The van der Waals surface area contributed by atoms with Crippen molar-refractivity contribution in [1.29, 1.82) is 0 Å². The molecule has 0 aromatic carbocycles. The standard InChI is InChI=1S/C22H37N5O/c1-5-18(6-2)19-11-15-27(17-19)22(23-7-3)25-16-21(28)26(4)14-12-20-10-8-9-13-24-20/h8-10,13,18-19H,5-7,11-12,14-17H2,1-4H3,(H,23,25). The first-order valence-corrected chi connectivity index (χ1v) is 10.8. The Hall–Kier alpha value is -2.11. The molecule has 0 radical (unpaired) electrons. The molecule has 1 atom stereocenters. The topological polar surface area (TPSA) is 60.8 Å². The van der Waals surface area contributed by atoms with Crippen molar-refractivity contribution in [2.24, 2.45) is 16.8 Å². The first-order chi connectivity index (χ1) is 13.6. The number of nitrogens with zero attached hydrogens (tertiary/aromatic N) is 4. The number of hydrogen-bond donors (Lipinski definition) is 1. The lowest BCUT2D eigenvalue weighted by Gasteiger charge is -2.24. The van der Waals surface area contributed by atoms with Crippen LogP contribution in [-0.2, 0) is 11.2 Å². The molecule has 2 rings (SSSR count). The first kappa shape index (κ1) is 22.2. The maximum Gasteiger partial charge on any atom is 0.244 e. The summed E-state index contributed by atoms with van der Waals surface area (Å²) in [6.07, 6.45) is 6.24. The quantitative estimate of drug-likeness (QED) is 0.523. The smallest absolute Gasteiger partial charge is 0.244 e. The van der Waals surface area contributed by atoms with E-state index >= 15 is 0 Å². The minimum atomic E-state index is 0.0436. The molecule has 1 saturated heterocycles. The number of aromatic nitrogens is 1. The third-order valence-corrected chi connectivity index (χ3v) is 5.79. The maximum absolute atomic E-state index is 12.5. The Morgan fingerprint density at radius 3 is 2.79 bits per heavy atom. The number of likely N-dealkylation sites (tertiary alicyclic amines) is 1. The van der Waals surface area contributed by atoms with E-state index in [0.29, 0.717) is 6.54 Å². The average Bonchev–Trinajstić information content (AvgIpc) is 3.20. The second-order valence-corrected chi connectivity index (χ2v) is 7.63. The molecule has 6 heteroatoms. The third kappa shape index (κ3) is 6.50. The van der Waals surface area contributed by atoms with Gasteiger partial charge in [0, 0.05) is 51.5 Å². The molecular formula is C22H37N5O. The number of nitrogens with one attached hydrogen (secondary N) is 1. The molecule has 1 aromatic heterocycles. The summed E-state index contributed by atoms with van der Waals surface area (Å²) in [5.41, 5.74) is 1.00. The summed E-state index contributed by atoms with van der Waals surface area (Å²) in [7, 11) is 1.84. The molecule has 1 N–H and O–H groups in total. The number of amides is 1. The Morgan fingerprint density at radius 1 is 1.36 bits per heavy atom. The van der Waals surface area contributed by atoms with E-state index in [-0.39, 0.29) is 12.5 Å². The number of rotatable bonds is 9. The molecule has 2 heterocycles. The van der Waals surface area contributed by atoms with Gasteiger partial charge < -0.3 is 15.1 Å². The minimum absolute atomic E-state index is 0.0436. The van der Waals surface area contributed by atoms with E-state index in [2.05, 4.69) is 41.0 Å². The van der Waals surface area contributed by atoms with Crippen LogP contribution in [0.5, 0.6) is 0 Å². The Balaban J connectivity index is 1.88. The van der Waals surface area contributed by atoms with Gasteiger partial charge in [-0.1, -0.05) is 32.8 Å². The molecule has 0 saturated carbocycles. The van der Waals surface area contributed by atoms with Gasteiger partial charge in [0.1, 0.15) is 6.54 Å². The Kier molecular flexibility index (Phi) is 9.24. The fourth-order valence-corrected chi connectivity index (χ4v) is 3.96. The van der Waals surface area contributed by atoms with Gasteiger partial charge in [-0.05, 0) is 37.3 Å². The van der Waals surface area contributed by atoms with Gasteiger partial charge in [-0.25, -0.2) is 4.99 Å². The average molecular weight is 388 g/mol. The second kappa shape index (κ2) is 11.7. The SMILES string of the molecule is CCNC(=NCC(=O)N(C)CCc1ccccn1)N1CCC(C(CC)CC)C1. The molecule has 0 aliphatic carbocycles. The van der Waals surface area contributed by atoms with Crippen molar-refractivity contribution >= 4 is 11.9 Å². The van der Waals surface area contributed by atoms with Gasteiger partial charge >= 0.3 is 0 Å². The third-order valence-electron chi connectivity index (χ3n) is 5.79. The molecule has 6 nitrogen and oxygen atoms in total. The zero-order chi connectivity index (χ0) is 20.4. The van der Waals surface area contributed by atoms with Crippen molar-refractivity contribution in [2.75, 3.05) is 39.8 Å². The van der Waals surface area contributed by atoms with Gasteiger partial charge in [-0.15, -0.1) is 0 Å². The second-order valence-electron chi connectivity index (χ2n) is 7.63. The summed E-state index contributed by atoms with van der Waals surface area (Å²) in [5.74, 6) is 2.44. The fourth-order valence-electron chi connectivity index (χ4n) is 3.96. The molecular weight excluding hydrogens is 350 g/mol. The normalized spacial score (nSPS) is 17.2. The minimum Gasteiger partial charge on any atom is -0.357 e. The van der Waals surface area contributed by atoms with E-state index < -0.39 is 0 Å². The Morgan fingerprint density at radius 2 is 2.14 bits per heavy atom. The number of pyridine rings is 1. The Bertz CT molecular complexity index is 615. The largest absolute Gasteiger partial charge is 0.357 e. The summed E-state index contributed by atoms with van der Waals surface area (Å²) < 4.78 is 0. The number of guanidine groups is 1. The number of carbonyl (C=O) groups excluding carboxylic acids is 1. The highest BCUT2D eigenvalue weighted by molar-refractivity contribution is 5.85. The van der Waals surface area contributed by atoms with Crippen LogP contribution in [0.15, 0.2) is 29.4 Å². The molecule has 1 amide bonds. The zero-order valence-electron chi connectivity index (χ0n) is 18.0. The van der Waals surface area contributed by atoms with Gasteiger partial charge in [-0.3, -0.25) is 9.78 Å². The molecule has 1 fully saturated rings. The number of carbonyl (C=O) groups is 1. The zero-order valence-corrected chi connectivity index (χ0v) is 18.0. The van der Waals surface area contributed by atoms with Crippen molar-refractivity contribution in [2.45, 2.75) is 46.5 Å². The molecule has 0 bridgehead atoms. The van der Waals surface area contributed by atoms with Crippen molar-refractivity contribution in [3.63, 3.8) is 0 Å². The van der Waals surface area contributed by atoms with Gasteiger partial charge in [0.15, 0.2) is 5.96 Å². The van der Waals surface area contributed by atoms with Crippen molar-refractivity contribution in [3.8, 4) is 0 Å². The van der Waals surface area contributed by atoms with E-state index in [0.717, 1.165) is 49.5 Å². The molecule has 1 aromatic rings. The highest BCUT2D eigenvalue weighted by Crippen LogP contribution is 2.28. The molecule has 0 spiro atoms. The Labute approximate surface area is 170 Å². The van der Waals surface area contributed by atoms with Gasteiger partial charge in [0.05, 0.1) is 0 Å². The van der Waals surface area contributed by atoms with Crippen molar-refractivity contribution in [1.82, 2.24) is 20.1 Å². The molecule has 1 aliphatic heterocycles. The predicted octanol–water partition coefficient (Wildman–Crippen LogP) is 2.81. The highest BCUT2D eigenvalue weighted by atomic mass is 16.2. The lowest BCUT2D eigenvalue weighted by atomic mass is 9.87. The van der Waals surface area contributed by atoms with Crippen molar-refractivity contribution in [3.05, 3.63) is 30.1 Å². The lowest BCUT2D eigenvalue weighted by molar-refractivity contribution is -0.128. The van der Waals surface area contributed by atoms with Gasteiger partial charge in [-0.2, -0.15) is 0 Å². The van der Waals surface area contributed by atoms with Crippen LogP contribution in [0.1, 0.15) is 45.7 Å². The van der Waals surface area contributed by atoms with Crippen LogP contribution in [0.25, 0.3) is 0 Å². The van der Waals surface area contributed by atoms with E-state index in [4.69, 9.17) is 0 Å². The van der Waals surface area contributed by atoms with Crippen LogP contribution < -0.4 is 5.32 Å². The number of aliphatic imine (C=N–C) groups is 1. The van der Waals surface area contributed by atoms with Crippen LogP contribution in [0.3, 0.4) is 0 Å². The summed E-state index contributed by atoms with van der Waals surface area (Å²) in [6.45, 7) is 10.4. The summed E-state index contributed by atoms with van der Waals surface area (Å²) in [6, 6.07) is 5.87. The summed E-state index contributed by atoms with van der Waals surface area (Å²) in [4.78, 5) is 25.5. The highest BCUT2D eigenvalue weighted by Gasteiger charge is 2.29. The molecule has 156 valence electrons. The van der Waals surface area contributed by atoms with Crippen LogP contribution in [0.2, 0.25) is 0 Å². The first-order valence-electron chi connectivity index (χ1n) is 10.8. The summed E-state index contributed by atoms with van der Waals surface area (Å²) in [5, 5.41) is 3.37. The van der Waals surface area contributed by atoms with Crippen LogP contribution in [0.4, 0.5) is 0 Å². The van der Waals surface area contributed by atoms with Crippen LogP contribution >= 0.6 is 0 Å². The molecule has 1 aliphatic rings. The number of hydrogen-bond acceptors (Lipinski definition) is 3.